The highest BCUT2D eigenvalue weighted by Crippen LogP contribution is 2.35. The van der Waals surface area contributed by atoms with Crippen molar-refractivity contribution < 1.29 is 0 Å². The number of fused-ring (bicyclic) bond motifs is 2. The highest BCUT2D eigenvalue weighted by molar-refractivity contribution is 7.08. The van der Waals surface area contributed by atoms with Crippen LogP contribution in [0.2, 0.25) is 0 Å². The van der Waals surface area contributed by atoms with Crippen molar-refractivity contribution in [2.75, 3.05) is 0 Å². The lowest BCUT2D eigenvalue weighted by atomic mass is 10.0. The minimum Gasteiger partial charge on any atom is -0.353 e. The Morgan fingerprint density at radius 3 is 2.55 bits per heavy atom. The summed E-state index contributed by atoms with van der Waals surface area (Å²) in [5.41, 5.74) is 8.87. The smallest absolute Gasteiger partial charge is 0.116 e. The van der Waals surface area contributed by atoms with Crippen LogP contribution in [0.3, 0.4) is 0 Å². The Kier molecular flexibility index (Phi) is 3.61. The molecule has 2 aromatic carbocycles. The molecule has 0 spiro atoms. The van der Waals surface area contributed by atoms with Crippen molar-refractivity contribution in [3.05, 3.63) is 83.8 Å². The molecule has 2 N–H and O–H groups in total. The van der Waals surface area contributed by atoms with E-state index in [1.54, 1.807) is 11.3 Å². The largest absolute Gasteiger partial charge is 0.353 e. The summed E-state index contributed by atoms with van der Waals surface area (Å²) >= 11 is 1.72. The van der Waals surface area contributed by atoms with Crippen LogP contribution in [0.5, 0.6) is 0 Å². The van der Waals surface area contributed by atoms with Gasteiger partial charge >= 0.3 is 0 Å². The summed E-state index contributed by atoms with van der Waals surface area (Å²) in [5.74, 6) is 0. The molecule has 5 heteroatoms. The van der Waals surface area contributed by atoms with E-state index in [0.717, 1.165) is 38.9 Å². The van der Waals surface area contributed by atoms with Crippen LogP contribution in [0.15, 0.2) is 83.8 Å². The summed E-state index contributed by atoms with van der Waals surface area (Å²) < 4.78 is 0. The lowest BCUT2D eigenvalue weighted by Crippen LogP contribution is -1.80. The first kappa shape index (κ1) is 16.3. The third-order valence-corrected chi connectivity index (χ3v) is 6.01. The summed E-state index contributed by atoms with van der Waals surface area (Å²) in [7, 11) is 0. The number of pyridine rings is 1. The monoisotopic (exact) mass is 392 g/mol. The van der Waals surface area contributed by atoms with Gasteiger partial charge in [-0.2, -0.15) is 16.4 Å². The molecule has 0 bridgehead atoms. The predicted octanol–water partition coefficient (Wildman–Crippen LogP) is 6.50. The van der Waals surface area contributed by atoms with Gasteiger partial charge < -0.3 is 4.98 Å². The molecule has 0 saturated carbocycles. The number of rotatable bonds is 3. The number of hydrogen-bond donors (Lipinski definition) is 2. The van der Waals surface area contributed by atoms with Gasteiger partial charge in [-0.15, -0.1) is 0 Å². The summed E-state index contributed by atoms with van der Waals surface area (Å²) in [4.78, 5) is 7.68. The van der Waals surface area contributed by atoms with Gasteiger partial charge in [0.1, 0.15) is 5.69 Å². The van der Waals surface area contributed by atoms with E-state index < -0.39 is 0 Å². The van der Waals surface area contributed by atoms with Crippen LogP contribution in [-0.2, 0) is 0 Å². The first-order valence-electron chi connectivity index (χ1n) is 9.40. The van der Waals surface area contributed by atoms with Gasteiger partial charge in [-0.3, -0.25) is 10.1 Å². The van der Waals surface area contributed by atoms with Gasteiger partial charge in [0.15, 0.2) is 0 Å². The molecule has 6 aromatic rings. The van der Waals surface area contributed by atoms with Crippen LogP contribution in [-0.4, -0.2) is 20.2 Å². The van der Waals surface area contributed by atoms with Crippen molar-refractivity contribution in [3.63, 3.8) is 0 Å². The summed E-state index contributed by atoms with van der Waals surface area (Å²) in [5, 5.41) is 14.4. The zero-order valence-electron chi connectivity index (χ0n) is 15.4. The van der Waals surface area contributed by atoms with Crippen LogP contribution >= 0.6 is 11.3 Å². The van der Waals surface area contributed by atoms with Crippen LogP contribution in [0.25, 0.3) is 55.4 Å². The van der Waals surface area contributed by atoms with Gasteiger partial charge in [0.05, 0.1) is 11.2 Å². The van der Waals surface area contributed by atoms with E-state index in [2.05, 4.69) is 79.5 Å². The Morgan fingerprint density at radius 2 is 1.69 bits per heavy atom. The molecule has 4 nitrogen and oxygen atoms in total. The summed E-state index contributed by atoms with van der Waals surface area (Å²) in [6.45, 7) is 0. The van der Waals surface area contributed by atoms with E-state index in [4.69, 9.17) is 0 Å². The highest BCUT2D eigenvalue weighted by Gasteiger charge is 2.14. The molecule has 4 heterocycles. The zero-order valence-corrected chi connectivity index (χ0v) is 16.2. The molecule has 0 saturated heterocycles. The van der Waals surface area contributed by atoms with E-state index in [1.807, 2.05) is 24.5 Å². The lowest BCUT2D eigenvalue weighted by Gasteiger charge is -2.02. The number of thiophene rings is 1. The van der Waals surface area contributed by atoms with Gasteiger partial charge in [0, 0.05) is 28.7 Å². The lowest BCUT2D eigenvalue weighted by molar-refractivity contribution is 1.12. The molecule has 0 fully saturated rings. The fourth-order valence-electron chi connectivity index (χ4n) is 3.90. The molecule has 4 aromatic heterocycles. The molecule has 0 aliphatic heterocycles. The maximum Gasteiger partial charge on any atom is 0.116 e. The molecule has 0 amide bonds. The van der Waals surface area contributed by atoms with Crippen molar-refractivity contribution in [2.45, 2.75) is 0 Å². The molecule has 0 atom stereocenters. The normalized spacial score (nSPS) is 11.4. The SMILES string of the molecule is c1cc(-c2ccsc2)c2cc(-c3n[nH]c4ccc(-c5ccncc5)cc34)[nH]c2c1. The highest BCUT2D eigenvalue weighted by atomic mass is 32.1. The Labute approximate surface area is 170 Å². The average Bonchev–Trinajstić information content (AvgIpc) is 3.52. The summed E-state index contributed by atoms with van der Waals surface area (Å²) in [6, 6.07) is 21.2. The van der Waals surface area contributed by atoms with Crippen molar-refractivity contribution in [1.29, 1.82) is 0 Å². The topological polar surface area (TPSA) is 57.4 Å². The number of hydrogen-bond acceptors (Lipinski definition) is 3. The van der Waals surface area contributed by atoms with Gasteiger partial charge in [0.2, 0.25) is 0 Å². The third-order valence-electron chi connectivity index (χ3n) is 5.33. The van der Waals surface area contributed by atoms with Gasteiger partial charge in [-0.05, 0) is 75.5 Å². The van der Waals surface area contributed by atoms with E-state index in [0.29, 0.717) is 0 Å². The molecular formula is C24H16N4S. The molecule has 0 radical (unpaired) electrons. The molecule has 0 aliphatic rings. The fourth-order valence-corrected chi connectivity index (χ4v) is 4.55. The second-order valence-electron chi connectivity index (χ2n) is 7.03. The van der Waals surface area contributed by atoms with Crippen molar-refractivity contribution in [1.82, 2.24) is 20.2 Å². The average molecular weight is 392 g/mol. The van der Waals surface area contributed by atoms with E-state index in [-0.39, 0.29) is 0 Å². The molecular weight excluding hydrogens is 376 g/mol. The predicted molar refractivity (Wildman–Crippen MR) is 120 cm³/mol. The number of benzene rings is 2. The van der Waals surface area contributed by atoms with Crippen molar-refractivity contribution >= 4 is 33.1 Å². The number of nitrogens with one attached hydrogen (secondary N) is 2. The van der Waals surface area contributed by atoms with Crippen LogP contribution in [0.1, 0.15) is 0 Å². The number of nitrogens with zero attached hydrogens (tertiary/aromatic N) is 2. The van der Waals surface area contributed by atoms with E-state index in [9.17, 15) is 0 Å². The Morgan fingerprint density at radius 1 is 0.759 bits per heavy atom. The number of aromatic nitrogens is 4. The third kappa shape index (κ3) is 2.67. The first-order valence-corrected chi connectivity index (χ1v) is 10.3. The fraction of sp³-hybridized carbons (Fsp3) is 0. The number of aromatic amines is 2. The van der Waals surface area contributed by atoms with Gasteiger partial charge in [-0.1, -0.05) is 18.2 Å². The second-order valence-corrected chi connectivity index (χ2v) is 7.81. The standard InChI is InChI=1S/C24H16N4S/c1-2-18(17-8-11-29-14-17)19-13-23(26-21(19)3-1)24-20-12-16(4-5-22(20)27-28-24)15-6-9-25-10-7-15/h1-14,26H,(H,27,28). The Bertz CT molecular complexity index is 1440. The zero-order chi connectivity index (χ0) is 19.2. The maximum atomic E-state index is 4.62. The Hall–Kier alpha value is -3.70. The minimum absolute atomic E-state index is 0.934. The molecule has 0 aliphatic carbocycles. The van der Waals surface area contributed by atoms with E-state index >= 15 is 0 Å². The van der Waals surface area contributed by atoms with E-state index in [1.165, 1.54) is 16.5 Å². The van der Waals surface area contributed by atoms with Gasteiger partial charge in [0.25, 0.3) is 0 Å². The molecule has 138 valence electrons. The molecule has 0 unspecified atom stereocenters. The Balaban J connectivity index is 1.53. The second kappa shape index (κ2) is 6.43. The maximum absolute atomic E-state index is 4.62. The van der Waals surface area contributed by atoms with Crippen LogP contribution in [0.4, 0.5) is 0 Å². The first-order chi connectivity index (χ1) is 14.4. The number of H-pyrrole nitrogens is 2. The summed E-state index contributed by atoms with van der Waals surface area (Å²) in [6.07, 6.45) is 3.64. The molecule has 6 rings (SSSR count). The van der Waals surface area contributed by atoms with Gasteiger partial charge in [-0.25, -0.2) is 0 Å². The van der Waals surface area contributed by atoms with Crippen molar-refractivity contribution in [3.8, 4) is 33.6 Å². The quantitative estimate of drug-likeness (QED) is 0.361. The van der Waals surface area contributed by atoms with Crippen LogP contribution < -0.4 is 0 Å². The van der Waals surface area contributed by atoms with Crippen LogP contribution in [0, 0.1) is 0 Å². The minimum atomic E-state index is 0.934. The molecule has 29 heavy (non-hydrogen) atoms. The van der Waals surface area contributed by atoms with Crippen molar-refractivity contribution in [2.24, 2.45) is 0 Å².